The SMILES string of the molecule is COCCNS(=O)(=O)c1ccc(C)c(C(=O)N2CCCC(CCC(N)=O)C2)c1. The minimum atomic E-state index is -3.72. The summed E-state index contributed by atoms with van der Waals surface area (Å²) in [6.45, 7) is 3.38. The largest absolute Gasteiger partial charge is 0.383 e. The Kier molecular flexibility index (Phi) is 7.97. The van der Waals surface area contributed by atoms with Crippen molar-refractivity contribution < 1.29 is 22.7 Å². The molecule has 1 saturated heterocycles. The van der Waals surface area contributed by atoms with Gasteiger partial charge in [-0.1, -0.05) is 6.07 Å². The molecular formula is C19H29N3O5S. The molecule has 9 heteroatoms. The molecule has 2 rings (SSSR count). The maximum atomic E-state index is 13.0. The first kappa shape index (κ1) is 22.3. The van der Waals surface area contributed by atoms with Crippen molar-refractivity contribution in [1.29, 1.82) is 0 Å². The van der Waals surface area contributed by atoms with Gasteiger partial charge in [0.1, 0.15) is 0 Å². The van der Waals surface area contributed by atoms with Gasteiger partial charge < -0.3 is 15.4 Å². The number of hydrogen-bond donors (Lipinski definition) is 2. The van der Waals surface area contributed by atoms with Crippen LogP contribution in [0.15, 0.2) is 23.1 Å². The average Bonchev–Trinajstić information content (AvgIpc) is 2.66. The standard InChI is InChI=1S/C19H29N3O5S/c1-14-5-7-16(28(25,26)21-9-11-27-2)12-17(14)19(24)22-10-3-4-15(13-22)6-8-18(20)23/h5,7,12,15,21H,3-4,6,8-11,13H2,1-2H3,(H2,20,23). The van der Waals surface area contributed by atoms with Crippen LogP contribution in [0.4, 0.5) is 0 Å². The Morgan fingerprint density at radius 1 is 1.36 bits per heavy atom. The lowest BCUT2D eigenvalue weighted by atomic mass is 9.92. The Bertz CT molecular complexity index is 810. The lowest BCUT2D eigenvalue weighted by Gasteiger charge is -2.33. The molecular weight excluding hydrogens is 382 g/mol. The Labute approximate surface area is 166 Å². The Hall–Kier alpha value is -1.97. The Morgan fingerprint density at radius 3 is 2.79 bits per heavy atom. The first-order chi connectivity index (χ1) is 13.2. The molecule has 0 spiro atoms. The molecule has 1 fully saturated rings. The molecule has 1 aromatic rings. The van der Waals surface area contributed by atoms with Gasteiger partial charge in [-0.2, -0.15) is 0 Å². The molecule has 8 nitrogen and oxygen atoms in total. The highest BCUT2D eigenvalue weighted by atomic mass is 32.2. The van der Waals surface area contributed by atoms with Crippen LogP contribution in [0.2, 0.25) is 0 Å². The maximum absolute atomic E-state index is 13.0. The van der Waals surface area contributed by atoms with Crippen LogP contribution in [0.1, 0.15) is 41.6 Å². The molecule has 0 bridgehead atoms. The quantitative estimate of drug-likeness (QED) is 0.589. The van der Waals surface area contributed by atoms with E-state index >= 15 is 0 Å². The van der Waals surface area contributed by atoms with Gasteiger partial charge in [0.25, 0.3) is 5.91 Å². The van der Waals surface area contributed by atoms with Gasteiger partial charge in [-0.3, -0.25) is 9.59 Å². The number of likely N-dealkylation sites (tertiary alicyclic amines) is 1. The molecule has 0 aromatic heterocycles. The molecule has 2 amide bonds. The molecule has 1 atom stereocenters. The molecule has 0 radical (unpaired) electrons. The highest BCUT2D eigenvalue weighted by molar-refractivity contribution is 7.89. The third-order valence-electron chi connectivity index (χ3n) is 4.95. The van der Waals surface area contributed by atoms with Crippen molar-refractivity contribution in [3.05, 3.63) is 29.3 Å². The summed E-state index contributed by atoms with van der Waals surface area (Å²) in [6, 6.07) is 4.57. The van der Waals surface area contributed by atoms with E-state index in [2.05, 4.69) is 4.72 Å². The molecule has 3 N–H and O–H groups in total. The zero-order valence-corrected chi connectivity index (χ0v) is 17.3. The third-order valence-corrected chi connectivity index (χ3v) is 6.41. The monoisotopic (exact) mass is 411 g/mol. The van der Waals surface area contributed by atoms with Crippen molar-refractivity contribution in [2.45, 2.75) is 37.5 Å². The van der Waals surface area contributed by atoms with Crippen molar-refractivity contribution in [2.75, 3.05) is 33.4 Å². The van der Waals surface area contributed by atoms with Crippen LogP contribution in [0.5, 0.6) is 0 Å². The van der Waals surface area contributed by atoms with E-state index in [0.717, 1.165) is 18.4 Å². The van der Waals surface area contributed by atoms with Crippen molar-refractivity contribution >= 4 is 21.8 Å². The normalized spacial score (nSPS) is 17.5. The molecule has 0 saturated carbocycles. The van der Waals surface area contributed by atoms with Crippen molar-refractivity contribution in [3.8, 4) is 0 Å². The molecule has 1 heterocycles. The molecule has 156 valence electrons. The summed E-state index contributed by atoms with van der Waals surface area (Å²) < 4.78 is 32.2. The predicted molar refractivity (Wildman–Crippen MR) is 105 cm³/mol. The van der Waals surface area contributed by atoms with Gasteiger partial charge in [-0.25, -0.2) is 13.1 Å². The number of amides is 2. The van der Waals surface area contributed by atoms with E-state index in [1.165, 1.54) is 19.2 Å². The number of ether oxygens (including phenoxy) is 1. The number of nitrogens with zero attached hydrogens (tertiary/aromatic N) is 1. The summed E-state index contributed by atoms with van der Waals surface area (Å²) in [6.07, 6.45) is 2.78. The number of aryl methyl sites for hydroxylation is 1. The second-order valence-electron chi connectivity index (χ2n) is 7.13. The van der Waals surface area contributed by atoms with Gasteiger partial charge in [0.15, 0.2) is 0 Å². The van der Waals surface area contributed by atoms with Crippen LogP contribution in [-0.4, -0.2) is 58.5 Å². The summed E-state index contributed by atoms with van der Waals surface area (Å²) in [5, 5.41) is 0. The summed E-state index contributed by atoms with van der Waals surface area (Å²) >= 11 is 0. The van der Waals surface area contributed by atoms with E-state index in [9.17, 15) is 18.0 Å². The smallest absolute Gasteiger partial charge is 0.254 e. The summed E-state index contributed by atoms with van der Waals surface area (Å²) in [7, 11) is -2.22. The Morgan fingerprint density at radius 2 is 2.11 bits per heavy atom. The summed E-state index contributed by atoms with van der Waals surface area (Å²) in [4.78, 5) is 25.9. The van der Waals surface area contributed by atoms with Gasteiger partial charge in [-0.05, 0) is 49.8 Å². The number of carbonyl (C=O) groups excluding carboxylic acids is 2. The van der Waals surface area contributed by atoms with Crippen molar-refractivity contribution in [1.82, 2.24) is 9.62 Å². The number of nitrogens with two attached hydrogens (primary N) is 1. The van der Waals surface area contributed by atoms with E-state index in [4.69, 9.17) is 10.5 Å². The van der Waals surface area contributed by atoms with E-state index < -0.39 is 10.0 Å². The van der Waals surface area contributed by atoms with E-state index in [1.807, 2.05) is 0 Å². The van der Waals surface area contributed by atoms with Crippen molar-refractivity contribution in [2.24, 2.45) is 11.7 Å². The van der Waals surface area contributed by atoms with Gasteiger partial charge in [-0.15, -0.1) is 0 Å². The molecule has 1 aliphatic rings. The minimum absolute atomic E-state index is 0.0554. The lowest BCUT2D eigenvalue weighted by molar-refractivity contribution is -0.118. The van der Waals surface area contributed by atoms with Gasteiger partial charge in [0.2, 0.25) is 15.9 Å². The van der Waals surface area contributed by atoms with Crippen molar-refractivity contribution in [3.63, 3.8) is 0 Å². The fourth-order valence-corrected chi connectivity index (χ4v) is 4.40. The molecule has 1 unspecified atom stereocenters. The third kappa shape index (κ3) is 6.02. The van der Waals surface area contributed by atoms with Crippen LogP contribution < -0.4 is 10.5 Å². The van der Waals surface area contributed by atoms with Crippen LogP contribution in [0.3, 0.4) is 0 Å². The number of carbonyl (C=O) groups is 2. The fourth-order valence-electron chi connectivity index (χ4n) is 3.36. The van der Waals surface area contributed by atoms with E-state index in [-0.39, 0.29) is 35.8 Å². The number of piperidine rings is 1. The Balaban J connectivity index is 2.15. The zero-order chi connectivity index (χ0) is 20.7. The molecule has 28 heavy (non-hydrogen) atoms. The number of primary amides is 1. The molecule has 1 aromatic carbocycles. The number of hydrogen-bond acceptors (Lipinski definition) is 5. The fraction of sp³-hybridized carbons (Fsp3) is 0.579. The lowest BCUT2D eigenvalue weighted by Crippen LogP contribution is -2.40. The number of benzene rings is 1. The molecule has 0 aliphatic carbocycles. The average molecular weight is 412 g/mol. The van der Waals surface area contributed by atoms with Gasteiger partial charge in [0.05, 0.1) is 11.5 Å². The van der Waals surface area contributed by atoms with Crippen LogP contribution >= 0.6 is 0 Å². The highest BCUT2D eigenvalue weighted by Gasteiger charge is 2.26. The van der Waals surface area contributed by atoms with Gasteiger partial charge in [0, 0.05) is 38.7 Å². The predicted octanol–water partition coefficient (Wildman–Crippen LogP) is 1.04. The first-order valence-electron chi connectivity index (χ1n) is 9.41. The van der Waals surface area contributed by atoms with E-state index in [1.54, 1.807) is 17.9 Å². The summed E-state index contributed by atoms with van der Waals surface area (Å²) in [5.74, 6) is -0.290. The topological polar surface area (TPSA) is 119 Å². The number of rotatable bonds is 9. The van der Waals surface area contributed by atoms with Gasteiger partial charge >= 0.3 is 0 Å². The zero-order valence-electron chi connectivity index (χ0n) is 16.4. The molecule has 1 aliphatic heterocycles. The van der Waals surface area contributed by atoms with Crippen LogP contribution in [0.25, 0.3) is 0 Å². The second-order valence-corrected chi connectivity index (χ2v) is 8.90. The summed E-state index contributed by atoms with van der Waals surface area (Å²) in [5.41, 5.74) is 6.33. The van der Waals surface area contributed by atoms with E-state index in [0.29, 0.717) is 31.5 Å². The highest BCUT2D eigenvalue weighted by Crippen LogP contribution is 2.24. The number of nitrogens with one attached hydrogen (secondary N) is 1. The minimum Gasteiger partial charge on any atom is -0.383 e. The number of sulfonamides is 1. The number of methoxy groups -OCH3 is 1. The first-order valence-corrected chi connectivity index (χ1v) is 10.9. The van der Waals surface area contributed by atoms with Crippen LogP contribution in [0, 0.1) is 12.8 Å². The second kappa shape index (κ2) is 9.99. The van der Waals surface area contributed by atoms with Crippen LogP contribution in [-0.2, 0) is 19.6 Å². The maximum Gasteiger partial charge on any atom is 0.254 e.